The van der Waals surface area contributed by atoms with Crippen LogP contribution in [0, 0.1) is 0 Å². The maximum Gasteiger partial charge on any atom is 0.269 e. The molecular formula is C15H14FN5OS. The lowest BCUT2D eigenvalue weighted by Gasteiger charge is -2.11. The lowest BCUT2D eigenvalue weighted by molar-refractivity contribution is 0.328. The highest BCUT2D eigenvalue weighted by Gasteiger charge is 2.35. The number of halogens is 1. The largest absolute Gasteiger partial charge is 0.612 e. The van der Waals surface area contributed by atoms with E-state index in [4.69, 9.17) is 0 Å². The second-order valence-electron chi connectivity index (χ2n) is 5.42. The fourth-order valence-electron chi connectivity index (χ4n) is 2.78. The van der Waals surface area contributed by atoms with E-state index >= 15 is 0 Å². The van der Waals surface area contributed by atoms with Crippen molar-refractivity contribution in [1.82, 2.24) is 24.5 Å². The predicted octanol–water partition coefficient (Wildman–Crippen LogP) is 2.20. The van der Waals surface area contributed by atoms with Crippen molar-refractivity contribution >= 4 is 11.2 Å². The van der Waals surface area contributed by atoms with Gasteiger partial charge < -0.3 is 4.55 Å². The van der Waals surface area contributed by atoms with Crippen LogP contribution >= 0.6 is 0 Å². The highest BCUT2D eigenvalue weighted by molar-refractivity contribution is 7.90. The van der Waals surface area contributed by atoms with Crippen LogP contribution in [-0.2, 0) is 11.2 Å². The van der Waals surface area contributed by atoms with Crippen LogP contribution in [0.3, 0.4) is 0 Å². The van der Waals surface area contributed by atoms with Crippen molar-refractivity contribution in [2.75, 3.05) is 6.26 Å². The van der Waals surface area contributed by atoms with E-state index in [-0.39, 0.29) is 6.04 Å². The van der Waals surface area contributed by atoms with Gasteiger partial charge in [-0.05, 0) is 16.7 Å². The maximum atomic E-state index is 14.3. The van der Waals surface area contributed by atoms with Crippen LogP contribution in [0.25, 0.3) is 5.95 Å². The number of hydrogen-bond donors (Lipinski definition) is 0. The third-order valence-electron chi connectivity index (χ3n) is 3.93. The number of fused-ring (bicyclic) bond motifs is 1. The summed E-state index contributed by atoms with van der Waals surface area (Å²) >= 11 is -1.13. The minimum Gasteiger partial charge on any atom is -0.612 e. The average molecular weight is 331 g/mol. The van der Waals surface area contributed by atoms with Gasteiger partial charge in [-0.2, -0.15) is 14.8 Å². The van der Waals surface area contributed by atoms with E-state index < -0.39 is 17.3 Å². The van der Waals surface area contributed by atoms with Crippen molar-refractivity contribution < 1.29 is 8.94 Å². The van der Waals surface area contributed by atoms with Gasteiger partial charge in [0.15, 0.2) is 16.9 Å². The van der Waals surface area contributed by atoms with Gasteiger partial charge in [-0.25, -0.2) is 9.07 Å². The molecule has 0 saturated heterocycles. The second-order valence-corrected chi connectivity index (χ2v) is 6.80. The van der Waals surface area contributed by atoms with Gasteiger partial charge in [0.1, 0.15) is 12.5 Å². The Balaban J connectivity index is 1.72. The molecule has 23 heavy (non-hydrogen) atoms. The summed E-state index contributed by atoms with van der Waals surface area (Å²) < 4.78 is 28.8. The Bertz CT molecular complexity index is 832. The fraction of sp³-hybridized carbons (Fsp3) is 0.267. The fourth-order valence-corrected chi connectivity index (χ4v) is 3.23. The van der Waals surface area contributed by atoms with E-state index in [2.05, 4.69) is 15.2 Å². The van der Waals surface area contributed by atoms with Crippen molar-refractivity contribution in [2.45, 2.75) is 23.5 Å². The first-order chi connectivity index (χ1) is 11.1. The zero-order chi connectivity index (χ0) is 16.0. The lowest BCUT2D eigenvalue weighted by atomic mass is 10.0. The summed E-state index contributed by atoms with van der Waals surface area (Å²) in [5.74, 6) is 0.600. The van der Waals surface area contributed by atoms with E-state index in [1.165, 1.54) is 10.9 Å². The van der Waals surface area contributed by atoms with E-state index in [1.54, 1.807) is 17.1 Å². The van der Waals surface area contributed by atoms with Gasteiger partial charge in [-0.15, -0.1) is 5.10 Å². The summed E-state index contributed by atoms with van der Waals surface area (Å²) in [6, 6.07) is 9.52. The van der Waals surface area contributed by atoms with Crippen molar-refractivity contribution in [3.63, 3.8) is 0 Å². The minimum absolute atomic E-state index is 0.169. The maximum absolute atomic E-state index is 14.3. The van der Waals surface area contributed by atoms with Gasteiger partial charge in [0.2, 0.25) is 0 Å². The molecule has 6 nitrogen and oxygen atoms in total. The van der Waals surface area contributed by atoms with E-state index in [9.17, 15) is 8.94 Å². The number of hydrogen-bond acceptors (Lipinski definition) is 4. The molecule has 3 unspecified atom stereocenters. The van der Waals surface area contributed by atoms with Gasteiger partial charge in [-0.1, -0.05) is 30.3 Å². The molecule has 1 aromatic carbocycles. The number of nitrogens with zero attached hydrogens (tertiary/aromatic N) is 5. The van der Waals surface area contributed by atoms with Gasteiger partial charge >= 0.3 is 0 Å². The zero-order valence-electron chi connectivity index (χ0n) is 12.3. The molecule has 2 aromatic heterocycles. The van der Waals surface area contributed by atoms with E-state index in [0.29, 0.717) is 23.1 Å². The highest BCUT2D eigenvalue weighted by Crippen LogP contribution is 2.39. The minimum atomic E-state index is -1.16. The molecule has 3 heterocycles. The number of benzene rings is 1. The Kier molecular flexibility index (Phi) is 3.42. The summed E-state index contributed by atoms with van der Waals surface area (Å²) in [4.78, 5) is 4.85. The third kappa shape index (κ3) is 2.43. The van der Waals surface area contributed by atoms with Crippen molar-refractivity contribution in [3.05, 3.63) is 54.1 Å². The molecule has 0 fully saturated rings. The Morgan fingerprint density at radius 3 is 2.78 bits per heavy atom. The monoisotopic (exact) mass is 331 g/mol. The lowest BCUT2D eigenvalue weighted by Crippen LogP contribution is -2.08. The van der Waals surface area contributed by atoms with Crippen LogP contribution in [0.5, 0.6) is 0 Å². The van der Waals surface area contributed by atoms with Gasteiger partial charge in [0, 0.05) is 6.42 Å². The first-order valence-corrected chi connectivity index (χ1v) is 8.73. The first-order valence-electron chi connectivity index (χ1n) is 7.17. The Morgan fingerprint density at radius 2 is 2.09 bits per heavy atom. The Morgan fingerprint density at radius 1 is 1.30 bits per heavy atom. The van der Waals surface area contributed by atoms with Crippen LogP contribution in [0.1, 0.15) is 30.0 Å². The van der Waals surface area contributed by atoms with Crippen molar-refractivity contribution in [3.8, 4) is 5.95 Å². The topological polar surface area (TPSA) is 71.6 Å². The van der Waals surface area contributed by atoms with Crippen LogP contribution in [-0.4, -0.2) is 35.4 Å². The van der Waals surface area contributed by atoms with Crippen LogP contribution in [0.2, 0.25) is 0 Å². The molecule has 3 atom stereocenters. The summed E-state index contributed by atoms with van der Waals surface area (Å²) in [5.41, 5.74) is 1.00. The first kappa shape index (κ1) is 14.4. The summed E-state index contributed by atoms with van der Waals surface area (Å²) in [6.07, 6.45) is 3.86. The molecule has 118 valence electrons. The summed E-state index contributed by atoms with van der Waals surface area (Å²) in [7, 11) is 0. The molecule has 0 amide bonds. The van der Waals surface area contributed by atoms with Crippen molar-refractivity contribution in [1.29, 1.82) is 0 Å². The molecular weight excluding hydrogens is 317 g/mol. The molecule has 0 saturated carbocycles. The second kappa shape index (κ2) is 5.47. The van der Waals surface area contributed by atoms with Crippen LogP contribution < -0.4 is 0 Å². The zero-order valence-corrected chi connectivity index (χ0v) is 13.2. The standard InChI is InChI=1S/C15H14FN5OS/c1-23(22)11-8-17-20(9-11)15-18-14-12(16)7-13(21(14)19-15)10-5-3-2-4-6-10/h2-6,8-9,12-13H,7H2,1H3. The highest BCUT2D eigenvalue weighted by atomic mass is 32.2. The number of alkyl halides is 1. The van der Waals surface area contributed by atoms with Gasteiger partial charge in [0.25, 0.3) is 5.95 Å². The average Bonchev–Trinajstić information content (AvgIpc) is 3.24. The summed E-state index contributed by atoms with van der Waals surface area (Å²) in [5, 5.41) is 8.52. The SMILES string of the molecule is C[S+]([O-])c1cnn(-c2nc3n(n2)C(c2ccccc2)CC3F)c1. The number of aromatic nitrogens is 5. The molecule has 0 radical (unpaired) electrons. The van der Waals surface area contributed by atoms with Crippen LogP contribution in [0.15, 0.2) is 47.6 Å². The molecule has 8 heteroatoms. The molecule has 1 aliphatic rings. The Hall–Kier alpha value is -2.19. The quantitative estimate of drug-likeness (QED) is 0.690. The predicted molar refractivity (Wildman–Crippen MR) is 82.5 cm³/mol. The van der Waals surface area contributed by atoms with E-state index in [0.717, 1.165) is 5.56 Å². The summed E-state index contributed by atoms with van der Waals surface area (Å²) in [6.45, 7) is 0. The smallest absolute Gasteiger partial charge is 0.269 e. The Labute approximate surface area is 135 Å². The molecule has 1 aliphatic heterocycles. The van der Waals surface area contributed by atoms with Crippen molar-refractivity contribution in [2.24, 2.45) is 0 Å². The molecule has 0 N–H and O–H groups in total. The molecule has 0 aliphatic carbocycles. The normalized spacial score (nSPS) is 21.3. The molecule has 4 rings (SSSR count). The molecule has 3 aromatic rings. The van der Waals surface area contributed by atoms with E-state index in [1.807, 2.05) is 30.3 Å². The molecule has 0 spiro atoms. The third-order valence-corrected chi connectivity index (χ3v) is 4.81. The van der Waals surface area contributed by atoms with Crippen LogP contribution in [0.4, 0.5) is 4.39 Å². The van der Waals surface area contributed by atoms with Gasteiger partial charge in [0.05, 0.1) is 12.2 Å². The number of rotatable bonds is 3. The molecule has 0 bridgehead atoms. The van der Waals surface area contributed by atoms with Gasteiger partial charge in [-0.3, -0.25) is 0 Å².